The molecule has 2 aromatic rings. The maximum absolute atomic E-state index is 12.9. The number of methoxy groups -OCH3 is 1. The molecule has 0 aliphatic carbocycles. The number of nitrogens with zero attached hydrogens (tertiary/aromatic N) is 2. The van der Waals surface area contributed by atoms with E-state index in [1.165, 1.54) is 0 Å². The van der Waals surface area contributed by atoms with Gasteiger partial charge in [0.2, 0.25) is 0 Å². The SMILES string of the molecule is COc1cc(C)ccc1OCC(=O)Nc1ccccc1C(=O)N1CCN(C)CC1. The van der Waals surface area contributed by atoms with Crippen LogP contribution in [0.25, 0.3) is 0 Å². The fourth-order valence-corrected chi connectivity index (χ4v) is 3.18. The highest BCUT2D eigenvalue weighted by molar-refractivity contribution is 6.04. The van der Waals surface area contributed by atoms with Crippen molar-refractivity contribution in [2.75, 3.05) is 52.3 Å². The zero-order chi connectivity index (χ0) is 20.8. The third-order valence-electron chi connectivity index (χ3n) is 4.90. The Morgan fingerprint density at radius 1 is 1.03 bits per heavy atom. The number of benzene rings is 2. The minimum atomic E-state index is -0.341. The van der Waals surface area contributed by atoms with Gasteiger partial charge in [-0.1, -0.05) is 18.2 Å². The summed E-state index contributed by atoms with van der Waals surface area (Å²) in [4.78, 5) is 29.4. The first-order chi connectivity index (χ1) is 14.0. The molecule has 1 saturated heterocycles. The highest BCUT2D eigenvalue weighted by atomic mass is 16.5. The average Bonchev–Trinajstić information content (AvgIpc) is 2.73. The average molecular weight is 397 g/mol. The molecule has 154 valence electrons. The summed E-state index contributed by atoms with van der Waals surface area (Å²) < 4.78 is 10.9. The number of likely N-dealkylation sites (N-methyl/N-ethyl adjacent to an activating group) is 1. The minimum Gasteiger partial charge on any atom is -0.493 e. The van der Waals surface area contributed by atoms with E-state index >= 15 is 0 Å². The lowest BCUT2D eigenvalue weighted by molar-refractivity contribution is -0.118. The van der Waals surface area contributed by atoms with E-state index in [1.807, 2.05) is 31.0 Å². The molecule has 2 aromatic carbocycles. The van der Waals surface area contributed by atoms with Crippen LogP contribution in [0.1, 0.15) is 15.9 Å². The quantitative estimate of drug-likeness (QED) is 0.811. The Labute approximate surface area is 171 Å². The molecule has 2 amide bonds. The van der Waals surface area contributed by atoms with Gasteiger partial charge in [0.25, 0.3) is 11.8 Å². The number of amides is 2. The summed E-state index contributed by atoms with van der Waals surface area (Å²) in [5.74, 6) is 0.653. The number of anilines is 1. The van der Waals surface area contributed by atoms with Crippen molar-refractivity contribution < 1.29 is 19.1 Å². The molecule has 29 heavy (non-hydrogen) atoms. The first kappa shape index (κ1) is 20.7. The molecule has 1 heterocycles. The Balaban J connectivity index is 1.64. The Bertz CT molecular complexity index is 876. The van der Waals surface area contributed by atoms with Crippen LogP contribution in [0.5, 0.6) is 11.5 Å². The van der Waals surface area contributed by atoms with E-state index in [4.69, 9.17) is 9.47 Å². The Hall–Kier alpha value is -3.06. The van der Waals surface area contributed by atoms with E-state index in [0.29, 0.717) is 35.8 Å². The summed E-state index contributed by atoms with van der Waals surface area (Å²) >= 11 is 0. The van der Waals surface area contributed by atoms with Gasteiger partial charge in [-0.05, 0) is 43.8 Å². The highest BCUT2D eigenvalue weighted by Gasteiger charge is 2.23. The second-order valence-corrected chi connectivity index (χ2v) is 7.13. The molecule has 3 rings (SSSR count). The second-order valence-electron chi connectivity index (χ2n) is 7.13. The number of rotatable bonds is 6. The Morgan fingerprint density at radius 2 is 1.76 bits per heavy atom. The van der Waals surface area contributed by atoms with E-state index in [-0.39, 0.29) is 18.4 Å². The lowest BCUT2D eigenvalue weighted by atomic mass is 10.1. The van der Waals surface area contributed by atoms with Gasteiger partial charge in [0.1, 0.15) is 0 Å². The van der Waals surface area contributed by atoms with Crippen LogP contribution in [0, 0.1) is 6.92 Å². The maximum Gasteiger partial charge on any atom is 0.262 e. The molecule has 1 N–H and O–H groups in total. The summed E-state index contributed by atoms with van der Waals surface area (Å²) in [6.45, 7) is 4.80. The van der Waals surface area contributed by atoms with Crippen molar-refractivity contribution in [3.63, 3.8) is 0 Å². The van der Waals surface area contributed by atoms with Crippen LogP contribution in [-0.2, 0) is 4.79 Å². The van der Waals surface area contributed by atoms with Gasteiger partial charge in [0.05, 0.1) is 18.4 Å². The van der Waals surface area contributed by atoms with E-state index in [1.54, 1.807) is 37.4 Å². The van der Waals surface area contributed by atoms with Crippen molar-refractivity contribution in [2.24, 2.45) is 0 Å². The van der Waals surface area contributed by atoms with Crippen LogP contribution in [0.2, 0.25) is 0 Å². The van der Waals surface area contributed by atoms with E-state index in [2.05, 4.69) is 10.2 Å². The fraction of sp³-hybridized carbons (Fsp3) is 0.364. The first-order valence-corrected chi connectivity index (χ1v) is 9.62. The smallest absolute Gasteiger partial charge is 0.262 e. The number of para-hydroxylation sites is 1. The number of aryl methyl sites for hydroxylation is 1. The molecule has 1 fully saturated rings. The van der Waals surface area contributed by atoms with Crippen LogP contribution >= 0.6 is 0 Å². The van der Waals surface area contributed by atoms with Crippen molar-refractivity contribution >= 4 is 17.5 Å². The third kappa shape index (κ3) is 5.26. The molecule has 7 nitrogen and oxygen atoms in total. The number of nitrogens with one attached hydrogen (secondary N) is 1. The van der Waals surface area contributed by atoms with Crippen LogP contribution in [0.3, 0.4) is 0 Å². The normalized spacial score (nSPS) is 14.4. The third-order valence-corrected chi connectivity index (χ3v) is 4.90. The minimum absolute atomic E-state index is 0.0740. The molecule has 0 bridgehead atoms. The summed E-state index contributed by atoms with van der Waals surface area (Å²) in [6.07, 6.45) is 0. The number of piperazine rings is 1. The largest absolute Gasteiger partial charge is 0.493 e. The zero-order valence-electron chi connectivity index (χ0n) is 17.1. The molecule has 0 spiro atoms. The topological polar surface area (TPSA) is 71.1 Å². The summed E-state index contributed by atoms with van der Waals surface area (Å²) in [5.41, 5.74) is 2.01. The van der Waals surface area contributed by atoms with Crippen molar-refractivity contribution in [1.29, 1.82) is 0 Å². The molecular weight excluding hydrogens is 370 g/mol. The van der Waals surface area contributed by atoms with E-state index in [9.17, 15) is 9.59 Å². The summed E-state index contributed by atoms with van der Waals surface area (Å²) in [5, 5.41) is 2.80. The molecule has 0 radical (unpaired) electrons. The van der Waals surface area contributed by atoms with Gasteiger partial charge < -0.3 is 24.6 Å². The highest BCUT2D eigenvalue weighted by Crippen LogP contribution is 2.27. The Morgan fingerprint density at radius 3 is 2.48 bits per heavy atom. The predicted octanol–water partition coefficient (Wildman–Crippen LogP) is 2.41. The molecule has 0 atom stereocenters. The van der Waals surface area contributed by atoms with Gasteiger partial charge in [-0.2, -0.15) is 0 Å². The van der Waals surface area contributed by atoms with Crippen LogP contribution in [-0.4, -0.2) is 68.6 Å². The standard InChI is InChI=1S/C22H27N3O4/c1-16-8-9-19(20(14-16)28-3)29-15-21(26)23-18-7-5-4-6-17(18)22(27)25-12-10-24(2)11-13-25/h4-9,14H,10-13,15H2,1-3H3,(H,23,26). The lowest BCUT2D eigenvalue weighted by Crippen LogP contribution is -2.47. The van der Waals surface area contributed by atoms with Crippen molar-refractivity contribution in [3.05, 3.63) is 53.6 Å². The van der Waals surface area contributed by atoms with Gasteiger partial charge in [-0.3, -0.25) is 9.59 Å². The second kappa shape index (κ2) is 9.43. The summed E-state index contributed by atoms with van der Waals surface area (Å²) in [6, 6.07) is 12.6. The molecule has 0 unspecified atom stereocenters. The first-order valence-electron chi connectivity index (χ1n) is 9.62. The molecule has 0 aromatic heterocycles. The van der Waals surface area contributed by atoms with Gasteiger partial charge >= 0.3 is 0 Å². The van der Waals surface area contributed by atoms with Gasteiger partial charge in [-0.25, -0.2) is 0 Å². The maximum atomic E-state index is 12.9. The van der Waals surface area contributed by atoms with Gasteiger partial charge in [0, 0.05) is 26.2 Å². The number of hydrogen-bond donors (Lipinski definition) is 1. The fourth-order valence-electron chi connectivity index (χ4n) is 3.18. The van der Waals surface area contributed by atoms with Crippen molar-refractivity contribution in [2.45, 2.75) is 6.92 Å². The Kier molecular flexibility index (Phi) is 6.72. The van der Waals surface area contributed by atoms with E-state index in [0.717, 1.165) is 18.7 Å². The van der Waals surface area contributed by atoms with Gasteiger partial charge in [0.15, 0.2) is 18.1 Å². The molecule has 7 heteroatoms. The molecular formula is C22H27N3O4. The molecule has 0 saturated carbocycles. The number of carbonyl (C=O) groups is 2. The molecule has 1 aliphatic rings. The molecule has 1 aliphatic heterocycles. The van der Waals surface area contributed by atoms with E-state index < -0.39 is 0 Å². The lowest BCUT2D eigenvalue weighted by Gasteiger charge is -2.32. The number of hydrogen-bond acceptors (Lipinski definition) is 5. The van der Waals surface area contributed by atoms with Gasteiger partial charge in [-0.15, -0.1) is 0 Å². The van der Waals surface area contributed by atoms with Crippen LogP contribution in [0.15, 0.2) is 42.5 Å². The predicted molar refractivity (Wildman–Crippen MR) is 112 cm³/mol. The zero-order valence-corrected chi connectivity index (χ0v) is 17.1. The van der Waals surface area contributed by atoms with Crippen LogP contribution in [0.4, 0.5) is 5.69 Å². The summed E-state index contributed by atoms with van der Waals surface area (Å²) in [7, 11) is 3.60. The number of carbonyl (C=O) groups excluding carboxylic acids is 2. The van der Waals surface area contributed by atoms with Crippen LogP contribution < -0.4 is 14.8 Å². The number of ether oxygens (including phenoxy) is 2. The van der Waals surface area contributed by atoms with Crippen molar-refractivity contribution in [3.8, 4) is 11.5 Å². The van der Waals surface area contributed by atoms with Crippen molar-refractivity contribution in [1.82, 2.24) is 9.80 Å². The monoisotopic (exact) mass is 397 g/mol.